The van der Waals surface area contributed by atoms with Crippen LogP contribution in [0, 0.1) is 10.1 Å². The predicted octanol–water partition coefficient (Wildman–Crippen LogP) is 4.40. The summed E-state index contributed by atoms with van der Waals surface area (Å²) in [6.45, 7) is 0.342. The summed E-state index contributed by atoms with van der Waals surface area (Å²) in [7, 11) is 0. The van der Waals surface area contributed by atoms with Crippen molar-refractivity contribution < 1.29 is 24.0 Å². The van der Waals surface area contributed by atoms with Crippen LogP contribution in [0.4, 0.5) is 11.4 Å². The number of nitrogens with one attached hydrogen (secondary N) is 1. The van der Waals surface area contributed by atoms with Crippen molar-refractivity contribution in [3.8, 4) is 11.5 Å². The van der Waals surface area contributed by atoms with Crippen LogP contribution < -0.4 is 19.8 Å². The first-order chi connectivity index (χ1) is 18.0. The molecular weight excluding hydrogens is 476 g/mol. The molecule has 2 heterocycles. The van der Waals surface area contributed by atoms with Crippen LogP contribution in [0.1, 0.15) is 31.8 Å². The number of hydrazone groups is 1. The van der Waals surface area contributed by atoms with Crippen LogP contribution in [-0.4, -0.2) is 29.7 Å². The van der Waals surface area contributed by atoms with Crippen molar-refractivity contribution in [2.24, 2.45) is 5.10 Å². The molecule has 10 nitrogen and oxygen atoms in total. The van der Waals surface area contributed by atoms with Gasteiger partial charge in [-0.15, -0.1) is 0 Å². The lowest BCUT2D eigenvalue weighted by Crippen LogP contribution is -2.26. The van der Waals surface area contributed by atoms with Gasteiger partial charge in [-0.05, 0) is 41.3 Å². The molecule has 0 fully saturated rings. The van der Waals surface area contributed by atoms with Crippen LogP contribution in [-0.2, 0) is 6.54 Å². The van der Waals surface area contributed by atoms with Gasteiger partial charge in [0.05, 0.1) is 35.0 Å². The predicted molar refractivity (Wildman–Crippen MR) is 135 cm³/mol. The highest BCUT2D eigenvalue weighted by Gasteiger charge is 2.29. The van der Waals surface area contributed by atoms with Crippen molar-refractivity contribution >= 4 is 40.2 Å². The molecule has 10 heteroatoms. The molecule has 0 aromatic heterocycles. The maximum absolute atomic E-state index is 13.0. The van der Waals surface area contributed by atoms with Gasteiger partial charge in [0.1, 0.15) is 0 Å². The van der Waals surface area contributed by atoms with E-state index in [4.69, 9.17) is 9.47 Å². The van der Waals surface area contributed by atoms with Crippen molar-refractivity contribution in [2.75, 3.05) is 11.7 Å². The van der Waals surface area contributed by atoms with Crippen LogP contribution in [0.15, 0.2) is 77.9 Å². The molecule has 0 unspecified atom stereocenters. The van der Waals surface area contributed by atoms with Crippen molar-refractivity contribution in [3.63, 3.8) is 0 Å². The Morgan fingerprint density at radius 1 is 1.05 bits per heavy atom. The van der Waals surface area contributed by atoms with Crippen molar-refractivity contribution in [1.82, 2.24) is 5.43 Å². The summed E-state index contributed by atoms with van der Waals surface area (Å²) in [5.74, 6) is 0.107. The molecule has 182 valence electrons. The van der Waals surface area contributed by atoms with Crippen LogP contribution in [0.2, 0.25) is 0 Å². The van der Waals surface area contributed by atoms with E-state index in [1.807, 2.05) is 36.4 Å². The number of hydrogen-bond donors (Lipinski definition) is 1. The zero-order valence-electron chi connectivity index (χ0n) is 19.2. The minimum Gasteiger partial charge on any atom is -0.454 e. The average molecular weight is 494 g/mol. The molecule has 0 radical (unpaired) electrons. The van der Waals surface area contributed by atoms with E-state index >= 15 is 0 Å². The van der Waals surface area contributed by atoms with E-state index in [0.29, 0.717) is 23.4 Å². The first-order valence-electron chi connectivity index (χ1n) is 11.3. The van der Waals surface area contributed by atoms with E-state index in [2.05, 4.69) is 10.5 Å². The van der Waals surface area contributed by atoms with Crippen LogP contribution in [0.5, 0.6) is 11.5 Å². The molecule has 0 bridgehead atoms. The van der Waals surface area contributed by atoms with Crippen LogP contribution in [0.3, 0.4) is 0 Å². The number of anilines is 1. The summed E-state index contributed by atoms with van der Waals surface area (Å²) in [6, 6.07) is 21.1. The second-order valence-electron chi connectivity index (χ2n) is 8.49. The number of fused-ring (bicyclic) bond motifs is 1. The van der Waals surface area contributed by atoms with Crippen molar-refractivity contribution in [3.05, 3.63) is 105 Å². The highest BCUT2D eigenvalue weighted by molar-refractivity contribution is 6.24. The number of nitro groups is 1. The van der Waals surface area contributed by atoms with Gasteiger partial charge in [-0.25, -0.2) is 5.43 Å². The Bertz CT molecular complexity index is 1630. The Labute approximate surface area is 209 Å². The van der Waals surface area contributed by atoms with Gasteiger partial charge < -0.3 is 14.4 Å². The summed E-state index contributed by atoms with van der Waals surface area (Å²) >= 11 is 0. The lowest BCUT2D eigenvalue weighted by Gasteiger charge is -2.18. The summed E-state index contributed by atoms with van der Waals surface area (Å²) in [5.41, 5.74) is 5.07. The zero-order valence-corrected chi connectivity index (χ0v) is 19.2. The van der Waals surface area contributed by atoms with E-state index in [1.165, 1.54) is 18.3 Å². The summed E-state index contributed by atoms with van der Waals surface area (Å²) in [6.07, 6.45) is 1.18. The molecule has 1 N–H and O–H groups in total. The van der Waals surface area contributed by atoms with Crippen molar-refractivity contribution in [2.45, 2.75) is 6.54 Å². The molecule has 4 aromatic carbocycles. The van der Waals surface area contributed by atoms with E-state index in [1.54, 1.807) is 29.2 Å². The first kappa shape index (κ1) is 22.2. The third-order valence-electron chi connectivity index (χ3n) is 6.29. The fraction of sp³-hybridized carbons (Fsp3) is 0.0741. The van der Waals surface area contributed by atoms with Crippen LogP contribution >= 0.6 is 0 Å². The van der Waals surface area contributed by atoms with Gasteiger partial charge >= 0.3 is 0 Å². The second kappa shape index (κ2) is 8.76. The third kappa shape index (κ3) is 3.90. The molecule has 0 spiro atoms. The SMILES string of the molecule is O=C(NN=Cc1cc2c(cc1[N+](=O)[O-])OCO2)c1ccc(CN2C(=O)c3cccc4cccc2c34)cc1. The highest BCUT2D eigenvalue weighted by atomic mass is 16.7. The molecule has 0 saturated heterocycles. The number of nitrogens with zero attached hydrogens (tertiary/aromatic N) is 3. The highest BCUT2D eigenvalue weighted by Crippen LogP contribution is 2.38. The molecule has 4 aromatic rings. The standard InChI is InChI=1S/C27H18N4O6/c32-26(29-28-13-19-11-23-24(37-15-36-23)12-22(19)31(34)35)18-9-7-16(8-10-18)14-30-21-6-2-4-17-3-1-5-20(25(17)21)27(30)33/h1-13H,14-15H2,(H,29,32). The zero-order chi connectivity index (χ0) is 25.5. The maximum atomic E-state index is 13.0. The maximum Gasteiger partial charge on any atom is 0.282 e. The summed E-state index contributed by atoms with van der Waals surface area (Å²) < 4.78 is 10.4. The number of amides is 2. The van der Waals surface area contributed by atoms with Crippen molar-refractivity contribution in [1.29, 1.82) is 0 Å². The molecular formula is C27H18N4O6. The number of carbonyl (C=O) groups is 2. The van der Waals surface area contributed by atoms with Gasteiger partial charge in [0.2, 0.25) is 6.79 Å². The molecule has 0 aliphatic carbocycles. The minimum atomic E-state index is -0.562. The van der Waals surface area contributed by atoms with Crippen LogP contribution in [0.25, 0.3) is 10.8 Å². The molecule has 0 saturated carbocycles. The molecule has 2 amide bonds. The fourth-order valence-corrected chi connectivity index (χ4v) is 4.51. The number of rotatable bonds is 6. The molecule has 37 heavy (non-hydrogen) atoms. The topological polar surface area (TPSA) is 123 Å². The Kier molecular flexibility index (Phi) is 5.26. The van der Waals surface area contributed by atoms with Gasteiger partial charge in [0, 0.05) is 16.5 Å². The summed E-state index contributed by atoms with van der Waals surface area (Å²) in [5, 5.41) is 17.2. The summed E-state index contributed by atoms with van der Waals surface area (Å²) in [4.78, 5) is 38.1. The molecule has 2 aliphatic rings. The Balaban J connectivity index is 1.15. The normalized spacial score (nSPS) is 13.5. The largest absolute Gasteiger partial charge is 0.454 e. The van der Waals surface area contributed by atoms with Gasteiger partial charge in [-0.1, -0.05) is 36.4 Å². The Hall–Kier alpha value is -5.25. The van der Waals surface area contributed by atoms with Gasteiger partial charge in [-0.2, -0.15) is 5.10 Å². The molecule has 6 rings (SSSR count). The van der Waals surface area contributed by atoms with Gasteiger partial charge in [-0.3, -0.25) is 19.7 Å². The number of nitro benzene ring substituents is 1. The van der Waals surface area contributed by atoms with Gasteiger partial charge in [0.25, 0.3) is 17.5 Å². The van der Waals surface area contributed by atoms with E-state index < -0.39 is 10.8 Å². The molecule has 2 aliphatic heterocycles. The Morgan fingerprint density at radius 3 is 2.54 bits per heavy atom. The average Bonchev–Trinajstić information content (AvgIpc) is 3.48. The number of ether oxygens (including phenoxy) is 2. The Morgan fingerprint density at radius 2 is 1.78 bits per heavy atom. The minimum absolute atomic E-state index is 0.0195. The first-order valence-corrected chi connectivity index (χ1v) is 11.3. The number of carbonyl (C=O) groups excluding carboxylic acids is 2. The van der Waals surface area contributed by atoms with E-state index in [9.17, 15) is 19.7 Å². The molecule has 0 atom stereocenters. The lowest BCUT2D eigenvalue weighted by atomic mass is 10.1. The monoisotopic (exact) mass is 494 g/mol. The van der Waals surface area contributed by atoms with E-state index in [-0.39, 0.29) is 29.7 Å². The lowest BCUT2D eigenvalue weighted by molar-refractivity contribution is -0.385. The number of benzene rings is 4. The van der Waals surface area contributed by atoms with E-state index in [0.717, 1.165) is 22.0 Å². The quantitative estimate of drug-likeness (QED) is 0.241. The smallest absolute Gasteiger partial charge is 0.282 e. The van der Waals surface area contributed by atoms with Gasteiger partial charge in [0.15, 0.2) is 11.5 Å². The third-order valence-corrected chi connectivity index (χ3v) is 6.29. The number of hydrogen-bond acceptors (Lipinski definition) is 7. The second-order valence-corrected chi connectivity index (χ2v) is 8.49. The fourth-order valence-electron chi connectivity index (χ4n) is 4.51.